The lowest BCUT2D eigenvalue weighted by Gasteiger charge is -2.32. The molecule has 0 spiro atoms. The molecule has 190 valence electrons. The van der Waals surface area contributed by atoms with E-state index in [9.17, 15) is 23.1 Å². The number of aliphatic hydroxyl groups excluding tert-OH is 1. The first-order chi connectivity index (χ1) is 16.8. The number of amides is 1. The van der Waals surface area contributed by atoms with Crippen LogP contribution in [-0.4, -0.2) is 46.0 Å². The SMILES string of the molecule is CCSc1ccc(C(CO)NC(=O)c2cnc3c(c2)CN(CC2CCC(C(F)(F)F)CC2)C3)cc1. The second kappa shape index (κ2) is 11.3. The summed E-state index contributed by atoms with van der Waals surface area (Å²) < 4.78 is 38.8. The number of nitrogens with zero attached hydrogens (tertiary/aromatic N) is 2. The molecule has 1 unspecified atom stereocenters. The highest BCUT2D eigenvalue weighted by Gasteiger charge is 2.41. The molecule has 1 aromatic heterocycles. The van der Waals surface area contributed by atoms with E-state index in [2.05, 4.69) is 22.1 Å². The molecule has 35 heavy (non-hydrogen) atoms. The number of pyridine rings is 1. The van der Waals surface area contributed by atoms with Crippen molar-refractivity contribution in [3.8, 4) is 0 Å². The Kier molecular flexibility index (Phi) is 8.39. The fourth-order valence-corrected chi connectivity index (χ4v) is 5.72. The number of benzene rings is 1. The maximum atomic E-state index is 12.9. The number of alkyl halides is 3. The second-order valence-electron chi connectivity index (χ2n) is 9.47. The molecule has 2 N–H and O–H groups in total. The van der Waals surface area contributed by atoms with Crippen molar-refractivity contribution in [2.75, 3.05) is 18.9 Å². The maximum Gasteiger partial charge on any atom is 0.391 e. The fraction of sp³-hybridized carbons (Fsp3) is 0.538. The zero-order valence-electron chi connectivity index (χ0n) is 19.9. The molecular weight excluding hydrogens is 475 g/mol. The van der Waals surface area contributed by atoms with Crippen LogP contribution in [0.15, 0.2) is 41.4 Å². The van der Waals surface area contributed by atoms with Gasteiger partial charge in [0.1, 0.15) is 0 Å². The number of rotatable bonds is 8. The third-order valence-electron chi connectivity index (χ3n) is 7.00. The van der Waals surface area contributed by atoms with Gasteiger partial charge in [-0.15, -0.1) is 11.8 Å². The minimum atomic E-state index is -4.08. The lowest BCUT2D eigenvalue weighted by Crippen LogP contribution is -2.32. The number of aromatic nitrogens is 1. The third-order valence-corrected chi connectivity index (χ3v) is 7.89. The first-order valence-corrected chi connectivity index (χ1v) is 13.2. The van der Waals surface area contributed by atoms with Crippen molar-refractivity contribution in [1.82, 2.24) is 15.2 Å². The molecule has 1 aliphatic carbocycles. The van der Waals surface area contributed by atoms with E-state index in [1.165, 1.54) is 0 Å². The minimum Gasteiger partial charge on any atom is -0.394 e. The Labute approximate surface area is 208 Å². The number of halogens is 3. The summed E-state index contributed by atoms with van der Waals surface area (Å²) in [6, 6.07) is 9.13. The van der Waals surface area contributed by atoms with E-state index in [1.54, 1.807) is 18.0 Å². The molecule has 0 bridgehead atoms. The molecule has 1 fully saturated rings. The molecule has 0 saturated heterocycles. The monoisotopic (exact) mass is 507 g/mol. The van der Waals surface area contributed by atoms with Crippen LogP contribution in [0, 0.1) is 11.8 Å². The second-order valence-corrected chi connectivity index (χ2v) is 10.8. The molecule has 1 aromatic carbocycles. The molecule has 2 heterocycles. The average Bonchev–Trinajstić information content (AvgIpc) is 3.24. The predicted molar refractivity (Wildman–Crippen MR) is 130 cm³/mol. The van der Waals surface area contributed by atoms with Gasteiger partial charge in [0, 0.05) is 30.7 Å². The average molecular weight is 508 g/mol. The highest BCUT2D eigenvalue weighted by Crippen LogP contribution is 2.40. The van der Waals surface area contributed by atoms with Crippen molar-refractivity contribution in [3.05, 3.63) is 58.9 Å². The van der Waals surface area contributed by atoms with Gasteiger partial charge in [-0.2, -0.15) is 13.2 Å². The van der Waals surface area contributed by atoms with Gasteiger partial charge in [-0.3, -0.25) is 14.7 Å². The minimum absolute atomic E-state index is 0.212. The van der Waals surface area contributed by atoms with Crippen LogP contribution in [0.4, 0.5) is 13.2 Å². The lowest BCUT2D eigenvalue weighted by molar-refractivity contribution is -0.184. The van der Waals surface area contributed by atoms with Crippen molar-refractivity contribution >= 4 is 17.7 Å². The van der Waals surface area contributed by atoms with Crippen LogP contribution in [0.3, 0.4) is 0 Å². The van der Waals surface area contributed by atoms with Gasteiger partial charge in [0.2, 0.25) is 0 Å². The summed E-state index contributed by atoms with van der Waals surface area (Å²) >= 11 is 1.73. The Morgan fingerprint density at radius 2 is 1.91 bits per heavy atom. The van der Waals surface area contributed by atoms with Crippen LogP contribution < -0.4 is 5.32 Å². The van der Waals surface area contributed by atoms with Crippen LogP contribution in [0.5, 0.6) is 0 Å². The van der Waals surface area contributed by atoms with E-state index >= 15 is 0 Å². The molecule has 5 nitrogen and oxygen atoms in total. The Bertz CT molecular complexity index is 1010. The summed E-state index contributed by atoms with van der Waals surface area (Å²) in [5.74, 6) is -0.219. The molecular formula is C26H32F3N3O2S. The van der Waals surface area contributed by atoms with Crippen molar-refractivity contribution in [3.63, 3.8) is 0 Å². The molecule has 2 aliphatic rings. The van der Waals surface area contributed by atoms with Crippen LogP contribution in [0.1, 0.15) is 65.8 Å². The Morgan fingerprint density at radius 1 is 1.20 bits per heavy atom. The molecule has 9 heteroatoms. The summed E-state index contributed by atoms with van der Waals surface area (Å²) in [6.45, 7) is 3.92. The van der Waals surface area contributed by atoms with Crippen molar-refractivity contribution in [1.29, 1.82) is 0 Å². The summed E-state index contributed by atoms with van der Waals surface area (Å²) in [5.41, 5.74) is 3.16. The zero-order valence-corrected chi connectivity index (χ0v) is 20.7. The smallest absolute Gasteiger partial charge is 0.391 e. The maximum absolute atomic E-state index is 12.9. The van der Waals surface area contributed by atoms with Gasteiger partial charge in [0.05, 0.1) is 29.8 Å². The van der Waals surface area contributed by atoms with Gasteiger partial charge < -0.3 is 10.4 Å². The molecule has 0 radical (unpaired) electrons. The standard InChI is InChI=1S/C26H32F3N3O2S/c1-2-35-22-9-5-18(6-10-22)24(16-33)31-25(34)19-11-20-14-32(15-23(20)30-12-19)13-17-3-7-21(8-4-17)26(27,28)29/h5-6,9-12,17,21,24,33H,2-4,7-8,13-16H2,1H3,(H,31,34). The molecule has 1 aliphatic heterocycles. The van der Waals surface area contributed by atoms with E-state index in [0.717, 1.165) is 34.0 Å². The number of fused-ring (bicyclic) bond motifs is 1. The first kappa shape index (κ1) is 26.0. The number of nitrogens with one attached hydrogen (secondary N) is 1. The molecule has 1 saturated carbocycles. The van der Waals surface area contributed by atoms with Crippen LogP contribution in [-0.2, 0) is 13.1 Å². The molecule has 2 aromatic rings. The predicted octanol–water partition coefficient (Wildman–Crippen LogP) is 5.34. The summed E-state index contributed by atoms with van der Waals surface area (Å²) in [6.07, 6.45) is -0.908. The van der Waals surface area contributed by atoms with Crippen LogP contribution in [0.2, 0.25) is 0 Å². The van der Waals surface area contributed by atoms with E-state index in [4.69, 9.17) is 0 Å². The third kappa shape index (κ3) is 6.57. The molecule has 1 atom stereocenters. The van der Waals surface area contributed by atoms with Gasteiger partial charge >= 0.3 is 6.18 Å². The van der Waals surface area contributed by atoms with Crippen LogP contribution in [0.25, 0.3) is 0 Å². The molecule has 4 rings (SSSR count). The zero-order chi connectivity index (χ0) is 25.0. The lowest BCUT2D eigenvalue weighted by atomic mass is 9.81. The Hall–Kier alpha value is -2.10. The highest BCUT2D eigenvalue weighted by atomic mass is 32.2. The Morgan fingerprint density at radius 3 is 2.54 bits per heavy atom. The summed E-state index contributed by atoms with van der Waals surface area (Å²) in [7, 11) is 0. The summed E-state index contributed by atoms with van der Waals surface area (Å²) in [5, 5.41) is 12.7. The van der Waals surface area contributed by atoms with Crippen molar-refractivity contribution in [2.24, 2.45) is 11.8 Å². The number of hydrogen-bond acceptors (Lipinski definition) is 5. The van der Waals surface area contributed by atoms with Gasteiger partial charge in [-0.05, 0) is 66.7 Å². The van der Waals surface area contributed by atoms with E-state index in [-0.39, 0.29) is 31.3 Å². The van der Waals surface area contributed by atoms with E-state index in [0.29, 0.717) is 31.5 Å². The fourth-order valence-electron chi connectivity index (χ4n) is 5.06. The number of thioether (sulfide) groups is 1. The van der Waals surface area contributed by atoms with Gasteiger partial charge in [-0.1, -0.05) is 19.1 Å². The van der Waals surface area contributed by atoms with Crippen molar-refractivity contribution in [2.45, 2.75) is 62.8 Å². The number of hydrogen-bond donors (Lipinski definition) is 2. The van der Waals surface area contributed by atoms with Gasteiger partial charge in [0.15, 0.2) is 0 Å². The van der Waals surface area contributed by atoms with Gasteiger partial charge in [-0.25, -0.2) is 0 Å². The first-order valence-electron chi connectivity index (χ1n) is 12.2. The van der Waals surface area contributed by atoms with E-state index < -0.39 is 18.1 Å². The topological polar surface area (TPSA) is 65.5 Å². The Balaban J connectivity index is 1.32. The quantitative estimate of drug-likeness (QED) is 0.472. The number of carbonyl (C=O) groups excluding carboxylic acids is 1. The summed E-state index contributed by atoms with van der Waals surface area (Å²) in [4.78, 5) is 20.7. The van der Waals surface area contributed by atoms with Gasteiger partial charge in [0.25, 0.3) is 5.91 Å². The normalized spacial score (nSPS) is 21.5. The van der Waals surface area contributed by atoms with Crippen molar-refractivity contribution < 1.29 is 23.1 Å². The molecule has 1 amide bonds. The highest BCUT2D eigenvalue weighted by molar-refractivity contribution is 7.99. The van der Waals surface area contributed by atoms with E-state index in [1.807, 2.05) is 30.3 Å². The van der Waals surface area contributed by atoms with Crippen LogP contribution >= 0.6 is 11.8 Å². The number of aliphatic hydroxyl groups is 1. The number of carbonyl (C=O) groups is 1. The largest absolute Gasteiger partial charge is 0.394 e.